The predicted molar refractivity (Wildman–Crippen MR) is 80.1 cm³/mol. The van der Waals surface area contributed by atoms with Crippen molar-refractivity contribution in [2.24, 2.45) is 11.3 Å². The van der Waals surface area contributed by atoms with Crippen LogP contribution in [0.3, 0.4) is 0 Å². The Balaban J connectivity index is 3.32. The quantitative estimate of drug-likeness (QED) is 0.823. The Morgan fingerprint density at radius 1 is 1.17 bits per heavy atom. The van der Waals surface area contributed by atoms with Crippen molar-refractivity contribution >= 4 is 15.9 Å². The Bertz CT molecular complexity index is 462. The fraction of sp³-hybridized carbons (Fsp3) is 0.500. The average Bonchev–Trinajstić information content (AvgIpc) is 2.29. The lowest BCUT2D eigenvalue weighted by molar-refractivity contribution is -0.0579. The molecule has 2 heteroatoms. The van der Waals surface area contributed by atoms with E-state index >= 15 is 0 Å². The van der Waals surface area contributed by atoms with E-state index in [0.29, 0.717) is 0 Å². The minimum absolute atomic E-state index is 0.253. The van der Waals surface area contributed by atoms with Gasteiger partial charge >= 0.3 is 0 Å². The summed E-state index contributed by atoms with van der Waals surface area (Å²) in [6.07, 6.45) is 0. The van der Waals surface area contributed by atoms with Crippen LogP contribution in [0, 0.1) is 23.2 Å². The number of hydrogen-bond donors (Lipinski definition) is 1. The van der Waals surface area contributed by atoms with Gasteiger partial charge < -0.3 is 5.11 Å². The highest BCUT2D eigenvalue weighted by molar-refractivity contribution is 9.10. The zero-order valence-corrected chi connectivity index (χ0v) is 13.3. The maximum atomic E-state index is 11.0. The fourth-order valence-electron chi connectivity index (χ4n) is 2.16. The molecule has 2 atom stereocenters. The van der Waals surface area contributed by atoms with E-state index in [-0.39, 0.29) is 5.92 Å². The zero-order chi connectivity index (χ0) is 14.0. The minimum Gasteiger partial charge on any atom is -0.384 e. The van der Waals surface area contributed by atoms with Gasteiger partial charge in [-0.2, -0.15) is 0 Å². The van der Waals surface area contributed by atoms with Gasteiger partial charge in [0.15, 0.2) is 0 Å². The maximum Gasteiger partial charge on any atom is 0.103 e. The second-order valence-corrected chi connectivity index (χ2v) is 6.23. The molecule has 0 aliphatic rings. The van der Waals surface area contributed by atoms with Crippen LogP contribution in [0.15, 0.2) is 28.7 Å². The van der Waals surface area contributed by atoms with Gasteiger partial charge in [-0.15, -0.1) is 5.92 Å². The zero-order valence-electron chi connectivity index (χ0n) is 11.7. The Morgan fingerprint density at radius 3 is 2.06 bits per heavy atom. The van der Waals surface area contributed by atoms with Crippen LogP contribution in [0.2, 0.25) is 0 Å². The number of hydrogen-bond acceptors (Lipinski definition) is 1. The largest absolute Gasteiger partial charge is 0.384 e. The molecule has 0 aliphatic heterocycles. The lowest BCUT2D eigenvalue weighted by Gasteiger charge is -2.42. The van der Waals surface area contributed by atoms with E-state index in [0.717, 1.165) is 10.0 Å². The highest BCUT2D eigenvalue weighted by atomic mass is 79.9. The normalized spacial score (nSPS) is 17.6. The van der Waals surface area contributed by atoms with Crippen LogP contribution in [-0.2, 0) is 5.60 Å². The van der Waals surface area contributed by atoms with Gasteiger partial charge in [0, 0.05) is 4.47 Å². The summed E-state index contributed by atoms with van der Waals surface area (Å²) in [4.78, 5) is 0. The predicted octanol–water partition coefficient (Wildman–Crippen LogP) is 4.34. The first-order valence-corrected chi connectivity index (χ1v) is 6.97. The minimum atomic E-state index is -0.981. The molecule has 1 N–H and O–H groups in total. The van der Waals surface area contributed by atoms with E-state index in [1.807, 2.05) is 45.0 Å². The van der Waals surface area contributed by atoms with Crippen LogP contribution in [0.1, 0.15) is 40.2 Å². The molecule has 1 aromatic carbocycles. The molecule has 0 aromatic heterocycles. The van der Waals surface area contributed by atoms with E-state index in [4.69, 9.17) is 0 Å². The molecular weight excluding hydrogens is 288 g/mol. The Morgan fingerprint density at radius 2 is 1.67 bits per heavy atom. The molecule has 0 radical (unpaired) electrons. The molecule has 98 valence electrons. The third-order valence-corrected chi connectivity index (χ3v) is 4.49. The molecule has 0 saturated heterocycles. The third-order valence-electron chi connectivity index (χ3n) is 3.96. The number of rotatable bonds is 3. The lowest BCUT2D eigenvalue weighted by atomic mass is 9.64. The van der Waals surface area contributed by atoms with Gasteiger partial charge in [-0.05, 0) is 44.4 Å². The summed E-state index contributed by atoms with van der Waals surface area (Å²) in [7, 11) is 0. The van der Waals surface area contributed by atoms with Crippen molar-refractivity contribution in [3.8, 4) is 11.8 Å². The van der Waals surface area contributed by atoms with Crippen LogP contribution in [-0.4, -0.2) is 5.11 Å². The van der Waals surface area contributed by atoms with Gasteiger partial charge in [0.2, 0.25) is 0 Å². The Hall–Kier alpha value is -0.780. The molecular formula is C16H21BrO. The van der Waals surface area contributed by atoms with Crippen LogP contribution < -0.4 is 0 Å². The first-order chi connectivity index (χ1) is 8.25. The van der Waals surface area contributed by atoms with Gasteiger partial charge in [0.1, 0.15) is 5.60 Å². The first kappa shape index (κ1) is 15.3. The summed E-state index contributed by atoms with van der Waals surface area (Å²) in [6.45, 7) is 9.88. The molecule has 1 rings (SSSR count). The fourth-order valence-corrected chi connectivity index (χ4v) is 2.43. The van der Waals surface area contributed by atoms with Gasteiger partial charge in [0.25, 0.3) is 0 Å². The highest BCUT2D eigenvalue weighted by Gasteiger charge is 2.45. The third kappa shape index (κ3) is 2.63. The molecule has 0 unspecified atom stereocenters. The second kappa shape index (κ2) is 5.47. The van der Waals surface area contributed by atoms with E-state index in [1.165, 1.54) is 0 Å². The number of benzene rings is 1. The van der Waals surface area contributed by atoms with Crippen LogP contribution in [0.4, 0.5) is 0 Å². The van der Waals surface area contributed by atoms with Crippen molar-refractivity contribution in [3.05, 3.63) is 34.3 Å². The molecule has 0 aliphatic carbocycles. The molecule has 18 heavy (non-hydrogen) atoms. The lowest BCUT2D eigenvalue weighted by Crippen LogP contribution is -2.44. The van der Waals surface area contributed by atoms with Crippen LogP contribution >= 0.6 is 15.9 Å². The SMILES string of the molecule is CC#C[C@@](C)(C(C)C)[C@](C)(O)c1ccc(Br)cc1. The van der Waals surface area contributed by atoms with Crippen molar-refractivity contribution in [1.82, 2.24) is 0 Å². The van der Waals surface area contributed by atoms with Gasteiger partial charge in [-0.25, -0.2) is 0 Å². The Kier molecular flexibility index (Phi) is 4.64. The van der Waals surface area contributed by atoms with E-state index in [2.05, 4.69) is 41.6 Å². The van der Waals surface area contributed by atoms with Crippen molar-refractivity contribution in [3.63, 3.8) is 0 Å². The Labute approximate surface area is 119 Å². The van der Waals surface area contributed by atoms with Crippen LogP contribution in [0.5, 0.6) is 0 Å². The molecule has 0 heterocycles. The summed E-state index contributed by atoms with van der Waals surface area (Å²) >= 11 is 3.41. The summed E-state index contributed by atoms with van der Waals surface area (Å²) in [5, 5.41) is 11.0. The van der Waals surface area contributed by atoms with Crippen molar-refractivity contribution in [1.29, 1.82) is 0 Å². The van der Waals surface area contributed by atoms with Crippen LogP contribution in [0.25, 0.3) is 0 Å². The number of halogens is 1. The topological polar surface area (TPSA) is 20.2 Å². The second-order valence-electron chi connectivity index (χ2n) is 5.31. The number of aliphatic hydroxyl groups is 1. The van der Waals surface area contributed by atoms with Gasteiger partial charge in [0.05, 0.1) is 5.41 Å². The standard InChI is InChI=1S/C16H21BrO/c1-6-11-15(4,12(2)3)16(5,18)13-7-9-14(17)10-8-13/h7-10,12,18H,1-5H3/t15-,16+/m0/s1. The smallest absolute Gasteiger partial charge is 0.103 e. The summed E-state index contributed by atoms with van der Waals surface area (Å²) < 4.78 is 1.01. The van der Waals surface area contributed by atoms with Crippen molar-refractivity contribution in [2.45, 2.75) is 40.2 Å². The molecule has 0 amide bonds. The molecule has 0 bridgehead atoms. The summed E-state index contributed by atoms with van der Waals surface area (Å²) in [5.74, 6) is 6.41. The monoisotopic (exact) mass is 308 g/mol. The van der Waals surface area contributed by atoms with E-state index in [1.54, 1.807) is 0 Å². The molecule has 0 spiro atoms. The molecule has 1 nitrogen and oxygen atoms in total. The first-order valence-electron chi connectivity index (χ1n) is 6.18. The maximum absolute atomic E-state index is 11.0. The highest BCUT2D eigenvalue weighted by Crippen LogP contribution is 2.44. The summed E-state index contributed by atoms with van der Waals surface area (Å²) in [6, 6.07) is 7.79. The van der Waals surface area contributed by atoms with Crippen molar-refractivity contribution in [2.75, 3.05) is 0 Å². The van der Waals surface area contributed by atoms with Gasteiger partial charge in [-0.3, -0.25) is 0 Å². The summed E-state index contributed by atoms with van der Waals surface area (Å²) in [5.41, 5.74) is -0.565. The molecule has 1 aromatic rings. The molecule has 0 saturated carbocycles. The molecule has 0 fully saturated rings. The average molecular weight is 309 g/mol. The van der Waals surface area contributed by atoms with Gasteiger partial charge in [-0.1, -0.05) is 47.8 Å². The van der Waals surface area contributed by atoms with E-state index < -0.39 is 11.0 Å². The van der Waals surface area contributed by atoms with Crippen molar-refractivity contribution < 1.29 is 5.11 Å². The van der Waals surface area contributed by atoms with E-state index in [9.17, 15) is 5.11 Å².